The molecular weight excluding hydrogens is 234 g/mol. The first kappa shape index (κ1) is 12.6. The standard InChI is InChI=1S/C13H15NO4/c1-13(2,3)18-10-5-4-9-8(7-15)6-11(16)17-12(9)14-10/h4-6,15H,7H2,1-3H3. The summed E-state index contributed by atoms with van der Waals surface area (Å²) in [5.74, 6) is 0.383. The molecule has 0 aliphatic carbocycles. The van der Waals surface area contributed by atoms with E-state index in [0.29, 0.717) is 16.8 Å². The van der Waals surface area contributed by atoms with Gasteiger partial charge in [0.1, 0.15) is 5.60 Å². The van der Waals surface area contributed by atoms with Gasteiger partial charge in [-0.2, -0.15) is 4.98 Å². The van der Waals surface area contributed by atoms with Gasteiger partial charge in [-0.05, 0) is 32.4 Å². The molecule has 5 heteroatoms. The van der Waals surface area contributed by atoms with Crippen molar-refractivity contribution in [2.24, 2.45) is 0 Å². The SMILES string of the molecule is CC(C)(C)Oc1ccc2c(CO)cc(=O)oc2n1. The van der Waals surface area contributed by atoms with Crippen LogP contribution in [0.25, 0.3) is 11.1 Å². The molecule has 0 aliphatic heterocycles. The maximum atomic E-state index is 11.3. The number of rotatable bonds is 2. The summed E-state index contributed by atoms with van der Waals surface area (Å²) < 4.78 is 10.6. The lowest BCUT2D eigenvalue weighted by Gasteiger charge is -2.20. The number of aromatic nitrogens is 1. The molecule has 0 fully saturated rings. The fourth-order valence-corrected chi connectivity index (χ4v) is 1.59. The Morgan fingerprint density at radius 3 is 2.72 bits per heavy atom. The van der Waals surface area contributed by atoms with Crippen LogP contribution < -0.4 is 10.4 Å². The summed E-state index contributed by atoms with van der Waals surface area (Å²) in [6.07, 6.45) is 0. The minimum atomic E-state index is -0.535. The molecule has 0 aromatic carbocycles. The zero-order chi connectivity index (χ0) is 13.3. The molecule has 96 valence electrons. The van der Waals surface area contributed by atoms with Crippen molar-refractivity contribution in [3.8, 4) is 5.88 Å². The second kappa shape index (κ2) is 4.42. The number of fused-ring (bicyclic) bond motifs is 1. The Balaban J connectivity index is 2.55. The van der Waals surface area contributed by atoms with Crippen LogP contribution in [0.2, 0.25) is 0 Å². The first-order valence-electron chi connectivity index (χ1n) is 5.63. The van der Waals surface area contributed by atoms with Crippen LogP contribution in [0.1, 0.15) is 26.3 Å². The second-order valence-electron chi connectivity index (χ2n) is 4.97. The van der Waals surface area contributed by atoms with Crippen LogP contribution in [0, 0.1) is 0 Å². The van der Waals surface area contributed by atoms with Gasteiger partial charge in [-0.25, -0.2) is 4.79 Å². The average molecular weight is 249 g/mol. The van der Waals surface area contributed by atoms with Gasteiger partial charge in [-0.3, -0.25) is 0 Å². The van der Waals surface area contributed by atoms with E-state index in [4.69, 9.17) is 9.15 Å². The van der Waals surface area contributed by atoms with Gasteiger partial charge in [-0.15, -0.1) is 0 Å². The van der Waals surface area contributed by atoms with Gasteiger partial charge in [0.05, 0.1) is 6.61 Å². The van der Waals surface area contributed by atoms with Gasteiger partial charge in [0.25, 0.3) is 0 Å². The van der Waals surface area contributed by atoms with Crippen molar-refractivity contribution in [2.45, 2.75) is 33.0 Å². The van der Waals surface area contributed by atoms with Crippen molar-refractivity contribution >= 4 is 11.1 Å². The van der Waals surface area contributed by atoms with Crippen LogP contribution >= 0.6 is 0 Å². The number of ether oxygens (including phenoxy) is 1. The minimum Gasteiger partial charge on any atom is -0.472 e. The molecule has 18 heavy (non-hydrogen) atoms. The summed E-state index contributed by atoms with van der Waals surface area (Å²) >= 11 is 0. The van der Waals surface area contributed by atoms with E-state index in [-0.39, 0.29) is 17.9 Å². The van der Waals surface area contributed by atoms with Crippen molar-refractivity contribution in [2.75, 3.05) is 0 Å². The van der Waals surface area contributed by atoms with Crippen LogP contribution in [0.4, 0.5) is 0 Å². The fourth-order valence-electron chi connectivity index (χ4n) is 1.59. The molecule has 5 nitrogen and oxygen atoms in total. The molecule has 0 aliphatic rings. The second-order valence-corrected chi connectivity index (χ2v) is 4.97. The molecule has 2 aromatic rings. The van der Waals surface area contributed by atoms with Crippen LogP contribution in [0.15, 0.2) is 27.4 Å². The zero-order valence-electron chi connectivity index (χ0n) is 10.6. The van der Waals surface area contributed by atoms with E-state index in [1.54, 1.807) is 12.1 Å². The molecular formula is C13H15NO4. The average Bonchev–Trinajstić information content (AvgIpc) is 2.25. The third-order valence-electron chi connectivity index (χ3n) is 2.25. The zero-order valence-corrected chi connectivity index (χ0v) is 10.6. The topological polar surface area (TPSA) is 72.6 Å². The highest BCUT2D eigenvalue weighted by atomic mass is 16.5. The molecule has 2 rings (SSSR count). The largest absolute Gasteiger partial charge is 0.472 e. The van der Waals surface area contributed by atoms with Gasteiger partial charge >= 0.3 is 5.63 Å². The van der Waals surface area contributed by atoms with E-state index < -0.39 is 5.63 Å². The van der Waals surface area contributed by atoms with E-state index in [1.165, 1.54) is 6.07 Å². The molecule has 2 heterocycles. The Kier molecular flexibility index (Phi) is 3.09. The molecule has 1 N–H and O–H groups in total. The lowest BCUT2D eigenvalue weighted by atomic mass is 10.2. The lowest BCUT2D eigenvalue weighted by molar-refractivity contribution is 0.124. The molecule has 2 aromatic heterocycles. The van der Waals surface area contributed by atoms with E-state index in [9.17, 15) is 9.90 Å². The Morgan fingerprint density at radius 1 is 1.39 bits per heavy atom. The Morgan fingerprint density at radius 2 is 2.11 bits per heavy atom. The third-order valence-corrected chi connectivity index (χ3v) is 2.25. The van der Waals surface area contributed by atoms with Crippen molar-refractivity contribution in [3.05, 3.63) is 34.2 Å². The summed E-state index contributed by atoms with van der Waals surface area (Å²) in [6.45, 7) is 5.47. The van der Waals surface area contributed by atoms with Gasteiger partial charge in [0.2, 0.25) is 11.6 Å². The maximum Gasteiger partial charge on any atom is 0.337 e. The molecule has 0 radical (unpaired) electrons. The predicted octanol–water partition coefficient (Wildman–Crippen LogP) is 1.86. The van der Waals surface area contributed by atoms with Crippen LogP contribution in [0.3, 0.4) is 0 Å². The molecule has 0 spiro atoms. The van der Waals surface area contributed by atoms with Gasteiger partial charge < -0.3 is 14.3 Å². The third kappa shape index (κ3) is 2.68. The quantitative estimate of drug-likeness (QED) is 0.879. The van der Waals surface area contributed by atoms with Gasteiger partial charge in [0, 0.05) is 17.5 Å². The normalized spacial score (nSPS) is 11.8. The Labute approximate surface area is 104 Å². The van der Waals surface area contributed by atoms with Crippen molar-refractivity contribution in [3.63, 3.8) is 0 Å². The van der Waals surface area contributed by atoms with E-state index in [0.717, 1.165) is 0 Å². The van der Waals surface area contributed by atoms with Crippen molar-refractivity contribution in [1.82, 2.24) is 4.98 Å². The molecule has 0 amide bonds. The highest BCUT2D eigenvalue weighted by Gasteiger charge is 2.14. The van der Waals surface area contributed by atoms with E-state index >= 15 is 0 Å². The monoisotopic (exact) mass is 249 g/mol. The summed E-state index contributed by atoms with van der Waals surface area (Å²) in [5, 5.41) is 9.79. The summed E-state index contributed by atoms with van der Waals surface area (Å²) in [6, 6.07) is 4.67. The summed E-state index contributed by atoms with van der Waals surface area (Å²) in [5.41, 5.74) is -0.244. The summed E-state index contributed by atoms with van der Waals surface area (Å²) in [4.78, 5) is 15.4. The summed E-state index contributed by atoms with van der Waals surface area (Å²) in [7, 11) is 0. The van der Waals surface area contributed by atoms with Crippen LogP contribution in [0.5, 0.6) is 5.88 Å². The maximum absolute atomic E-state index is 11.3. The Bertz CT molecular complexity index is 625. The first-order valence-corrected chi connectivity index (χ1v) is 5.63. The molecule has 0 saturated heterocycles. The van der Waals surface area contributed by atoms with Crippen LogP contribution in [-0.2, 0) is 6.61 Å². The molecule has 0 bridgehead atoms. The molecule has 0 atom stereocenters. The van der Waals surface area contributed by atoms with E-state index in [2.05, 4.69) is 4.98 Å². The number of aliphatic hydroxyl groups is 1. The number of nitrogens with zero attached hydrogens (tertiary/aromatic N) is 1. The van der Waals surface area contributed by atoms with Gasteiger partial charge in [0.15, 0.2) is 0 Å². The first-order chi connectivity index (χ1) is 8.39. The predicted molar refractivity (Wildman–Crippen MR) is 66.6 cm³/mol. The highest BCUT2D eigenvalue weighted by Crippen LogP contribution is 2.21. The van der Waals surface area contributed by atoms with Crippen molar-refractivity contribution in [1.29, 1.82) is 0 Å². The van der Waals surface area contributed by atoms with Crippen LogP contribution in [-0.4, -0.2) is 15.7 Å². The molecule has 0 unspecified atom stereocenters. The lowest BCUT2D eigenvalue weighted by Crippen LogP contribution is -2.23. The molecule has 0 saturated carbocycles. The van der Waals surface area contributed by atoms with Crippen molar-refractivity contribution < 1.29 is 14.3 Å². The minimum absolute atomic E-state index is 0.174. The highest BCUT2D eigenvalue weighted by molar-refractivity contribution is 5.77. The fraction of sp³-hybridized carbons (Fsp3) is 0.385. The smallest absolute Gasteiger partial charge is 0.337 e. The number of hydrogen-bond donors (Lipinski definition) is 1. The Hall–Kier alpha value is -1.88. The van der Waals surface area contributed by atoms with E-state index in [1.807, 2.05) is 20.8 Å². The number of aliphatic hydroxyl groups excluding tert-OH is 1. The number of hydrogen-bond acceptors (Lipinski definition) is 5. The van der Waals surface area contributed by atoms with Gasteiger partial charge in [-0.1, -0.05) is 0 Å². The number of pyridine rings is 1.